The van der Waals surface area contributed by atoms with E-state index >= 15 is 0 Å². The van der Waals surface area contributed by atoms with Gasteiger partial charge in [-0.3, -0.25) is 4.79 Å². The van der Waals surface area contributed by atoms with Gasteiger partial charge in [-0.15, -0.1) is 0 Å². The molecule has 0 aromatic heterocycles. The van der Waals surface area contributed by atoms with Crippen molar-refractivity contribution < 1.29 is 4.79 Å². The molecular formula is C7H14N2O. The van der Waals surface area contributed by atoms with Crippen LogP contribution in [0.5, 0.6) is 0 Å². The zero-order valence-electron chi connectivity index (χ0n) is 6.42. The zero-order chi connectivity index (χ0) is 7.72. The van der Waals surface area contributed by atoms with Crippen LogP contribution in [0, 0.1) is 11.8 Å². The molecule has 10 heavy (non-hydrogen) atoms. The highest BCUT2D eigenvalue weighted by molar-refractivity contribution is 5.84. The number of nitrogens with one attached hydrogen (secondary N) is 1. The molecule has 2 atom stereocenters. The van der Waals surface area contributed by atoms with Crippen LogP contribution < -0.4 is 11.1 Å². The van der Waals surface area contributed by atoms with Crippen molar-refractivity contribution in [3.05, 3.63) is 0 Å². The number of hydrogen-bond acceptors (Lipinski definition) is 2. The van der Waals surface area contributed by atoms with Gasteiger partial charge < -0.3 is 11.1 Å². The summed E-state index contributed by atoms with van der Waals surface area (Å²) in [5.41, 5.74) is 5.61. The van der Waals surface area contributed by atoms with Crippen molar-refractivity contribution in [3.63, 3.8) is 0 Å². The normalized spacial score (nSPS) is 33.0. The van der Waals surface area contributed by atoms with E-state index in [2.05, 4.69) is 19.2 Å². The Morgan fingerprint density at radius 3 is 2.50 bits per heavy atom. The van der Waals surface area contributed by atoms with E-state index in [9.17, 15) is 4.79 Å². The van der Waals surface area contributed by atoms with Crippen molar-refractivity contribution in [2.24, 2.45) is 17.6 Å². The van der Waals surface area contributed by atoms with Gasteiger partial charge in [-0.05, 0) is 5.92 Å². The molecule has 58 valence electrons. The Hall–Kier alpha value is -0.570. The van der Waals surface area contributed by atoms with Crippen LogP contribution in [-0.4, -0.2) is 18.5 Å². The molecule has 1 saturated heterocycles. The van der Waals surface area contributed by atoms with Gasteiger partial charge in [-0.2, -0.15) is 0 Å². The Morgan fingerprint density at radius 1 is 1.70 bits per heavy atom. The average molecular weight is 142 g/mol. The lowest BCUT2D eigenvalue weighted by Crippen LogP contribution is -2.35. The molecular weight excluding hydrogens is 128 g/mol. The number of rotatable bonds is 1. The van der Waals surface area contributed by atoms with Gasteiger partial charge in [0.2, 0.25) is 5.91 Å². The van der Waals surface area contributed by atoms with Gasteiger partial charge in [0, 0.05) is 12.5 Å². The van der Waals surface area contributed by atoms with E-state index in [0.29, 0.717) is 11.8 Å². The van der Waals surface area contributed by atoms with Crippen molar-refractivity contribution in [3.8, 4) is 0 Å². The monoisotopic (exact) mass is 142 g/mol. The first-order valence-electron chi connectivity index (χ1n) is 3.66. The van der Waals surface area contributed by atoms with Gasteiger partial charge in [0.1, 0.15) is 0 Å². The molecule has 0 aromatic carbocycles. The Labute approximate surface area is 61.0 Å². The predicted molar refractivity (Wildman–Crippen MR) is 39.3 cm³/mol. The van der Waals surface area contributed by atoms with E-state index < -0.39 is 0 Å². The highest BCUT2D eigenvalue weighted by atomic mass is 16.2. The number of amides is 1. The van der Waals surface area contributed by atoms with Crippen LogP contribution in [0.25, 0.3) is 0 Å². The molecule has 3 heteroatoms. The van der Waals surface area contributed by atoms with Gasteiger partial charge in [0.15, 0.2) is 0 Å². The van der Waals surface area contributed by atoms with Crippen LogP contribution in [-0.2, 0) is 4.79 Å². The van der Waals surface area contributed by atoms with E-state index in [4.69, 9.17) is 5.73 Å². The van der Waals surface area contributed by atoms with Gasteiger partial charge in [-0.1, -0.05) is 13.8 Å². The fourth-order valence-corrected chi connectivity index (χ4v) is 1.31. The van der Waals surface area contributed by atoms with E-state index in [0.717, 1.165) is 6.54 Å². The maximum atomic E-state index is 10.9. The molecule has 0 saturated carbocycles. The predicted octanol–water partition coefficient (Wildman–Crippen LogP) is -0.284. The molecule has 1 aliphatic heterocycles. The standard InChI is InChI=1S/C7H14N2O/c1-4(2)5-3-9-7(10)6(5)8/h4-6H,3,8H2,1-2H3,(H,9,10)/t5-,6+/m0/s1. The molecule has 0 aromatic rings. The maximum absolute atomic E-state index is 10.9. The molecule has 0 aliphatic carbocycles. The van der Waals surface area contributed by atoms with Crippen molar-refractivity contribution >= 4 is 5.91 Å². The van der Waals surface area contributed by atoms with Crippen molar-refractivity contribution in [2.45, 2.75) is 19.9 Å². The second-order valence-electron chi connectivity index (χ2n) is 3.18. The minimum absolute atomic E-state index is 0.00120. The molecule has 3 nitrogen and oxygen atoms in total. The first kappa shape index (κ1) is 7.54. The van der Waals surface area contributed by atoms with Crippen molar-refractivity contribution in [1.82, 2.24) is 5.32 Å². The van der Waals surface area contributed by atoms with Crippen LogP contribution in [0.3, 0.4) is 0 Å². The fraction of sp³-hybridized carbons (Fsp3) is 0.857. The van der Waals surface area contributed by atoms with Gasteiger partial charge in [-0.25, -0.2) is 0 Å². The molecule has 3 N–H and O–H groups in total. The lowest BCUT2D eigenvalue weighted by molar-refractivity contribution is -0.120. The summed E-state index contributed by atoms with van der Waals surface area (Å²) >= 11 is 0. The van der Waals surface area contributed by atoms with E-state index in [1.165, 1.54) is 0 Å². The summed E-state index contributed by atoms with van der Waals surface area (Å²) in [5, 5.41) is 2.74. The average Bonchev–Trinajstić information content (AvgIpc) is 2.14. The largest absolute Gasteiger partial charge is 0.354 e. The molecule has 0 unspecified atom stereocenters. The molecule has 1 aliphatic rings. The smallest absolute Gasteiger partial charge is 0.237 e. The summed E-state index contributed by atoms with van der Waals surface area (Å²) in [6, 6.07) is -0.278. The van der Waals surface area contributed by atoms with E-state index in [-0.39, 0.29) is 11.9 Å². The van der Waals surface area contributed by atoms with Crippen LogP contribution in [0.15, 0.2) is 0 Å². The number of carbonyl (C=O) groups is 1. The number of hydrogen-bond donors (Lipinski definition) is 2. The molecule has 1 fully saturated rings. The summed E-state index contributed by atoms with van der Waals surface area (Å²) in [4.78, 5) is 10.9. The first-order valence-corrected chi connectivity index (χ1v) is 3.66. The first-order chi connectivity index (χ1) is 4.63. The van der Waals surface area contributed by atoms with Crippen molar-refractivity contribution in [1.29, 1.82) is 0 Å². The van der Waals surface area contributed by atoms with Crippen LogP contribution in [0.2, 0.25) is 0 Å². The number of nitrogens with two attached hydrogens (primary N) is 1. The van der Waals surface area contributed by atoms with Gasteiger partial charge in [0.25, 0.3) is 0 Å². The van der Waals surface area contributed by atoms with Crippen LogP contribution in [0.4, 0.5) is 0 Å². The van der Waals surface area contributed by atoms with Crippen LogP contribution in [0.1, 0.15) is 13.8 Å². The summed E-state index contributed by atoms with van der Waals surface area (Å²) in [7, 11) is 0. The minimum atomic E-state index is -0.278. The molecule has 1 rings (SSSR count). The summed E-state index contributed by atoms with van der Waals surface area (Å²) in [6.07, 6.45) is 0. The summed E-state index contributed by atoms with van der Waals surface area (Å²) < 4.78 is 0. The molecule has 0 bridgehead atoms. The molecule has 1 heterocycles. The quantitative estimate of drug-likeness (QED) is 0.529. The van der Waals surface area contributed by atoms with Crippen molar-refractivity contribution in [2.75, 3.05) is 6.54 Å². The Bertz CT molecular complexity index is 145. The Kier molecular flexibility index (Phi) is 1.94. The lowest BCUT2D eigenvalue weighted by atomic mass is 9.92. The third kappa shape index (κ3) is 1.14. The second kappa shape index (κ2) is 2.58. The summed E-state index contributed by atoms with van der Waals surface area (Å²) in [5.74, 6) is 0.820. The molecule has 0 radical (unpaired) electrons. The van der Waals surface area contributed by atoms with Gasteiger partial charge in [0.05, 0.1) is 6.04 Å². The highest BCUT2D eigenvalue weighted by Gasteiger charge is 2.32. The van der Waals surface area contributed by atoms with Crippen LogP contribution >= 0.6 is 0 Å². The van der Waals surface area contributed by atoms with Gasteiger partial charge >= 0.3 is 0 Å². The third-order valence-corrected chi connectivity index (χ3v) is 2.13. The highest BCUT2D eigenvalue weighted by Crippen LogP contribution is 2.17. The molecule has 0 spiro atoms. The van der Waals surface area contributed by atoms with E-state index in [1.807, 2.05) is 0 Å². The van der Waals surface area contributed by atoms with E-state index in [1.54, 1.807) is 0 Å². The third-order valence-electron chi connectivity index (χ3n) is 2.13. The Morgan fingerprint density at radius 2 is 2.30 bits per heavy atom. The number of carbonyl (C=O) groups excluding carboxylic acids is 1. The summed E-state index contributed by atoms with van der Waals surface area (Å²) in [6.45, 7) is 4.92. The zero-order valence-corrected chi connectivity index (χ0v) is 6.42. The second-order valence-corrected chi connectivity index (χ2v) is 3.18. The minimum Gasteiger partial charge on any atom is -0.354 e. The fourth-order valence-electron chi connectivity index (χ4n) is 1.31. The topological polar surface area (TPSA) is 55.1 Å². The molecule has 1 amide bonds. The Balaban J connectivity index is 2.57. The lowest BCUT2D eigenvalue weighted by Gasteiger charge is -2.15. The maximum Gasteiger partial charge on any atom is 0.237 e. The SMILES string of the molecule is CC(C)[C@@H]1CNC(=O)[C@@H]1N.